The fraction of sp³-hybridized carbons (Fsp3) is 0.500. The molecule has 0 saturated heterocycles. The monoisotopic (exact) mass is 246 g/mol. The summed E-state index contributed by atoms with van der Waals surface area (Å²) in [5, 5.41) is 3.36. The molecule has 2 aromatic rings. The molecule has 0 radical (unpaired) electrons. The number of nitrogens with zero attached hydrogens (tertiary/aromatic N) is 2. The minimum atomic E-state index is 0.0131. The van der Waals surface area contributed by atoms with Crippen LogP contribution in [0.3, 0.4) is 0 Å². The molecule has 0 fully saturated rings. The van der Waals surface area contributed by atoms with Crippen LogP contribution in [0.15, 0.2) is 18.2 Å². The third-order valence-corrected chi connectivity index (χ3v) is 3.30. The van der Waals surface area contributed by atoms with Crippen LogP contribution in [0.4, 0.5) is 0 Å². The minimum Gasteiger partial charge on any atom is -0.331 e. The number of benzene rings is 1. The molecule has 0 saturated carbocycles. The molecule has 3 N–H and O–H groups in total. The van der Waals surface area contributed by atoms with Crippen LogP contribution in [0.5, 0.6) is 0 Å². The Bertz CT molecular complexity index is 542. The molecule has 0 spiro atoms. The molecule has 2 rings (SSSR count). The van der Waals surface area contributed by atoms with Crippen molar-refractivity contribution in [3.05, 3.63) is 29.6 Å². The third kappa shape index (κ3) is 2.54. The predicted molar refractivity (Wildman–Crippen MR) is 75.5 cm³/mol. The lowest BCUT2D eigenvalue weighted by molar-refractivity contribution is 0.538. The Labute approximate surface area is 108 Å². The van der Waals surface area contributed by atoms with Gasteiger partial charge in [0.1, 0.15) is 5.82 Å². The highest BCUT2D eigenvalue weighted by atomic mass is 15.0. The van der Waals surface area contributed by atoms with E-state index in [2.05, 4.69) is 46.9 Å². The van der Waals surface area contributed by atoms with E-state index < -0.39 is 0 Å². The second kappa shape index (κ2) is 5.08. The highest BCUT2D eigenvalue weighted by Gasteiger charge is 2.10. The van der Waals surface area contributed by atoms with Gasteiger partial charge in [0.15, 0.2) is 0 Å². The Morgan fingerprint density at radius 3 is 2.78 bits per heavy atom. The summed E-state index contributed by atoms with van der Waals surface area (Å²) in [6.07, 6.45) is 0. The molecule has 0 aliphatic heterocycles. The molecule has 0 bridgehead atoms. The summed E-state index contributed by atoms with van der Waals surface area (Å²) in [7, 11) is 2.03. The number of hydrogen-bond acceptors (Lipinski definition) is 3. The van der Waals surface area contributed by atoms with Gasteiger partial charge in [0.2, 0.25) is 0 Å². The summed E-state index contributed by atoms with van der Waals surface area (Å²) in [5.74, 6) is 1.02. The first-order chi connectivity index (χ1) is 8.49. The van der Waals surface area contributed by atoms with Crippen LogP contribution in [0.25, 0.3) is 11.0 Å². The quantitative estimate of drug-likeness (QED) is 0.866. The van der Waals surface area contributed by atoms with E-state index in [1.807, 2.05) is 14.0 Å². The van der Waals surface area contributed by atoms with Gasteiger partial charge < -0.3 is 15.6 Å². The van der Waals surface area contributed by atoms with Gasteiger partial charge in [-0.2, -0.15) is 0 Å². The first-order valence-corrected chi connectivity index (χ1v) is 6.41. The largest absolute Gasteiger partial charge is 0.331 e. The lowest BCUT2D eigenvalue weighted by Crippen LogP contribution is -2.31. The van der Waals surface area contributed by atoms with Crippen molar-refractivity contribution in [2.75, 3.05) is 6.54 Å². The van der Waals surface area contributed by atoms with Gasteiger partial charge in [0.05, 0.1) is 11.0 Å². The number of nitrogens with two attached hydrogens (primary N) is 1. The van der Waals surface area contributed by atoms with Crippen molar-refractivity contribution in [3.63, 3.8) is 0 Å². The molecular weight excluding hydrogens is 224 g/mol. The molecule has 4 nitrogen and oxygen atoms in total. The Balaban J connectivity index is 2.24. The SMILES string of the molecule is Cc1nc2cc(C(N)CNC(C)C)ccc2n1C. The number of rotatable bonds is 4. The lowest BCUT2D eigenvalue weighted by Gasteiger charge is -2.15. The molecule has 98 valence electrons. The number of fused-ring (bicyclic) bond motifs is 1. The molecule has 1 aromatic heterocycles. The third-order valence-electron chi connectivity index (χ3n) is 3.30. The van der Waals surface area contributed by atoms with E-state index in [1.54, 1.807) is 0 Å². The molecule has 0 aliphatic carbocycles. The number of nitrogens with one attached hydrogen (secondary N) is 1. The van der Waals surface area contributed by atoms with Crippen LogP contribution in [0.1, 0.15) is 31.3 Å². The van der Waals surface area contributed by atoms with Crippen molar-refractivity contribution >= 4 is 11.0 Å². The molecule has 0 aliphatic rings. The van der Waals surface area contributed by atoms with Crippen LogP contribution < -0.4 is 11.1 Å². The number of aryl methyl sites for hydroxylation is 2. The van der Waals surface area contributed by atoms with Gasteiger partial charge in [0.25, 0.3) is 0 Å². The topological polar surface area (TPSA) is 55.9 Å². The maximum absolute atomic E-state index is 6.18. The van der Waals surface area contributed by atoms with Crippen LogP contribution in [0, 0.1) is 6.92 Å². The van der Waals surface area contributed by atoms with Crippen LogP contribution in [-0.2, 0) is 7.05 Å². The van der Waals surface area contributed by atoms with Crippen molar-refractivity contribution in [2.45, 2.75) is 32.9 Å². The molecule has 18 heavy (non-hydrogen) atoms. The standard InChI is InChI=1S/C14H22N4/c1-9(2)16-8-12(15)11-5-6-14-13(7-11)17-10(3)18(14)4/h5-7,9,12,16H,8,15H2,1-4H3. The van der Waals surface area contributed by atoms with Crippen molar-refractivity contribution in [1.82, 2.24) is 14.9 Å². The number of aromatic nitrogens is 2. The minimum absolute atomic E-state index is 0.0131. The van der Waals surface area contributed by atoms with Gasteiger partial charge in [-0.25, -0.2) is 4.98 Å². The van der Waals surface area contributed by atoms with Crippen LogP contribution in [0.2, 0.25) is 0 Å². The van der Waals surface area contributed by atoms with E-state index in [1.165, 1.54) is 0 Å². The second-order valence-corrected chi connectivity index (χ2v) is 5.14. The zero-order valence-electron chi connectivity index (χ0n) is 11.6. The normalized spacial score (nSPS) is 13.4. The summed E-state index contributed by atoms with van der Waals surface area (Å²) in [4.78, 5) is 4.54. The van der Waals surface area contributed by atoms with E-state index in [0.717, 1.165) is 29.0 Å². The van der Waals surface area contributed by atoms with E-state index in [4.69, 9.17) is 5.73 Å². The highest BCUT2D eigenvalue weighted by Crippen LogP contribution is 2.19. The van der Waals surface area contributed by atoms with E-state index in [9.17, 15) is 0 Å². The molecule has 1 heterocycles. The molecule has 1 atom stereocenters. The predicted octanol–water partition coefficient (Wildman–Crippen LogP) is 1.88. The van der Waals surface area contributed by atoms with Crippen LogP contribution in [-0.4, -0.2) is 22.1 Å². The van der Waals surface area contributed by atoms with Gasteiger partial charge in [-0.1, -0.05) is 19.9 Å². The Kier molecular flexibility index (Phi) is 3.68. The Morgan fingerprint density at radius 2 is 2.11 bits per heavy atom. The smallest absolute Gasteiger partial charge is 0.106 e. The highest BCUT2D eigenvalue weighted by molar-refractivity contribution is 5.76. The lowest BCUT2D eigenvalue weighted by atomic mass is 10.1. The maximum Gasteiger partial charge on any atom is 0.106 e. The fourth-order valence-corrected chi connectivity index (χ4v) is 2.05. The first-order valence-electron chi connectivity index (χ1n) is 6.41. The average Bonchev–Trinajstić information content (AvgIpc) is 2.61. The van der Waals surface area contributed by atoms with Gasteiger partial charge in [0, 0.05) is 25.7 Å². The Morgan fingerprint density at radius 1 is 1.39 bits per heavy atom. The van der Waals surface area contributed by atoms with E-state index >= 15 is 0 Å². The Hall–Kier alpha value is -1.39. The van der Waals surface area contributed by atoms with Crippen molar-refractivity contribution in [2.24, 2.45) is 12.8 Å². The van der Waals surface area contributed by atoms with Crippen LogP contribution >= 0.6 is 0 Å². The summed E-state index contributed by atoms with van der Waals surface area (Å²) in [6, 6.07) is 6.75. The molecule has 0 amide bonds. The molecule has 1 aromatic carbocycles. The fourth-order valence-electron chi connectivity index (χ4n) is 2.05. The zero-order chi connectivity index (χ0) is 13.3. The van der Waals surface area contributed by atoms with Crippen molar-refractivity contribution < 1.29 is 0 Å². The first kappa shape index (κ1) is 13.1. The summed E-state index contributed by atoms with van der Waals surface area (Å²) < 4.78 is 2.09. The van der Waals surface area contributed by atoms with E-state index in [-0.39, 0.29) is 6.04 Å². The molecule has 1 unspecified atom stereocenters. The summed E-state index contributed by atoms with van der Waals surface area (Å²) in [6.45, 7) is 7.05. The van der Waals surface area contributed by atoms with E-state index in [0.29, 0.717) is 6.04 Å². The van der Waals surface area contributed by atoms with Crippen molar-refractivity contribution in [1.29, 1.82) is 0 Å². The zero-order valence-corrected chi connectivity index (χ0v) is 11.6. The van der Waals surface area contributed by atoms with Crippen molar-refractivity contribution in [3.8, 4) is 0 Å². The molecular formula is C14H22N4. The molecule has 4 heteroatoms. The number of imidazole rings is 1. The van der Waals surface area contributed by atoms with Gasteiger partial charge in [-0.3, -0.25) is 0 Å². The van der Waals surface area contributed by atoms with Gasteiger partial charge >= 0.3 is 0 Å². The number of hydrogen-bond donors (Lipinski definition) is 2. The average molecular weight is 246 g/mol. The summed E-state index contributed by atoms with van der Waals surface area (Å²) in [5.41, 5.74) is 9.49. The maximum atomic E-state index is 6.18. The van der Waals surface area contributed by atoms with Gasteiger partial charge in [-0.05, 0) is 24.6 Å². The van der Waals surface area contributed by atoms with Gasteiger partial charge in [-0.15, -0.1) is 0 Å². The summed E-state index contributed by atoms with van der Waals surface area (Å²) >= 11 is 0. The second-order valence-electron chi connectivity index (χ2n) is 5.14.